The Balaban J connectivity index is 1.57. The Morgan fingerprint density at radius 1 is 1.41 bits per heavy atom. The van der Waals surface area contributed by atoms with Gasteiger partial charge in [-0.3, -0.25) is 9.59 Å². The number of aliphatic hydroxyl groups is 1. The van der Waals surface area contributed by atoms with Crippen LogP contribution in [0.3, 0.4) is 0 Å². The second-order valence-corrected chi connectivity index (χ2v) is 11.5. The standard InChI is InChI=1S/C22H27N5O5S2/c1-10-15(18(22(31)32)27-17(10)16(11(2)28)19(27)30)13-7-25-9-26(8-14(23)29)20(21(25)34-13)33-12-3-5-24-6-4-12/h7,9-12,16-17,24,28H,3-6,8H2,1-2H3,(H2-,23,29,31,32)/t10-,11+,16+,17+/m0/s1. The first-order chi connectivity index (χ1) is 16.2. The van der Waals surface area contributed by atoms with E-state index in [1.807, 2.05) is 22.1 Å². The maximum atomic E-state index is 12.7. The molecule has 0 aromatic carbocycles. The summed E-state index contributed by atoms with van der Waals surface area (Å²) in [6, 6.07) is -0.403. The minimum atomic E-state index is -1.40. The number of hydrogen-bond donors (Lipinski definition) is 3. The van der Waals surface area contributed by atoms with Crippen LogP contribution in [0, 0.1) is 11.8 Å². The first kappa shape index (κ1) is 23.3. The summed E-state index contributed by atoms with van der Waals surface area (Å²) < 4.78 is 3.74. The van der Waals surface area contributed by atoms with Crippen molar-refractivity contribution in [3.63, 3.8) is 0 Å². The number of thioether (sulfide) groups is 1. The fraction of sp³-hybridized carbons (Fsp3) is 0.545. The summed E-state index contributed by atoms with van der Waals surface area (Å²) in [4.78, 5) is 39.3. The molecule has 4 atom stereocenters. The molecule has 3 aliphatic heterocycles. The normalized spacial score (nSPS) is 26.1. The number of fused-ring (bicyclic) bond motifs is 2. The molecule has 10 nitrogen and oxygen atoms in total. The van der Waals surface area contributed by atoms with Crippen molar-refractivity contribution in [2.24, 2.45) is 17.6 Å². The molecule has 0 spiro atoms. The van der Waals surface area contributed by atoms with Crippen LogP contribution in [0.2, 0.25) is 0 Å². The number of nitrogens with zero attached hydrogens (tertiary/aromatic N) is 3. The molecular weight excluding hydrogens is 478 g/mol. The van der Waals surface area contributed by atoms with Gasteiger partial charge in [-0.25, -0.2) is 4.57 Å². The smallest absolute Gasteiger partial charge is 0.259 e. The number of carbonyl (C=O) groups excluding carboxylic acids is 3. The Morgan fingerprint density at radius 2 is 2.12 bits per heavy atom. The topological polar surface area (TPSA) is 144 Å². The molecule has 0 aliphatic carbocycles. The average Bonchev–Trinajstić information content (AvgIpc) is 3.37. The van der Waals surface area contributed by atoms with E-state index in [0.717, 1.165) is 40.7 Å². The number of primary amides is 1. The monoisotopic (exact) mass is 505 g/mol. The summed E-state index contributed by atoms with van der Waals surface area (Å²) in [5.74, 6) is -3.11. The van der Waals surface area contributed by atoms with Gasteiger partial charge in [-0.05, 0) is 32.9 Å². The molecule has 2 aromatic heterocycles. The summed E-state index contributed by atoms with van der Waals surface area (Å²) in [6.45, 7) is 5.38. The zero-order chi connectivity index (χ0) is 24.3. The van der Waals surface area contributed by atoms with E-state index in [2.05, 4.69) is 5.32 Å². The van der Waals surface area contributed by atoms with Crippen LogP contribution in [0.25, 0.3) is 10.4 Å². The number of thiazole rings is 1. The van der Waals surface area contributed by atoms with E-state index in [9.17, 15) is 24.6 Å². The lowest BCUT2D eigenvalue weighted by atomic mass is 9.77. The number of aliphatic carboxylic acids is 1. The summed E-state index contributed by atoms with van der Waals surface area (Å²) in [5, 5.41) is 26.9. The number of amides is 2. The Kier molecular flexibility index (Phi) is 5.95. The van der Waals surface area contributed by atoms with Gasteiger partial charge >= 0.3 is 0 Å². The van der Waals surface area contributed by atoms with Crippen LogP contribution >= 0.6 is 23.1 Å². The fourth-order valence-electron chi connectivity index (χ4n) is 5.41. The van der Waals surface area contributed by atoms with E-state index in [0.29, 0.717) is 10.8 Å². The lowest BCUT2D eigenvalue weighted by Gasteiger charge is -2.47. The van der Waals surface area contributed by atoms with Crippen molar-refractivity contribution >= 4 is 51.3 Å². The van der Waals surface area contributed by atoms with Gasteiger partial charge in [0.15, 0.2) is 6.54 Å². The lowest BCUT2D eigenvalue weighted by Crippen LogP contribution is -2.64. The summed E-state index contributed by atoms with van der Waals surface area (Å²) in [7, 11) is 0. The highest BCUT2D eigenvalue weighted by Crippen LogP contribution is 2.51. The third-order valence-corrected chi connectivity index (χ3v) is 9.65. The molecule has 2 aromatic rings. The second kappa shape index (κ2) is 8.67. The van der Waals surface area contributed by atoms with Gasteiger partial charge in [0, 0.05) is 16.7 Å². The Bertz CT molecular complexity index is 1210. The maximum Gasteiger partial charge on any atom is 0.259 e. The predicted molar refractivity (Wildman–Crippen MR) is 123 cm³/mol. The number of carbonyl (C=O) groups is 3. The van der Waals surface area contributed by atoms with Crippen molar-refractivity contribution in [1.82, 2.24) is 14.6 Å². The first-order valence-corrected chi connectivity index (χ1v) is 13.0. The van der Waals surface area contributed by atoms with Crippen LogP contribution in [-0.4, -0.2) is 62.7 Å². The molecule has 2 saturated heterocycles. The summed E-state index contributed by atoms with van der Waals surface area (Å²) in [6.07, 6.45) is 4.80. The molecule has 0 unspecified atom stereocenters. The van der Waals surface area contributed by atoms with Gasteiger partial charge in [-0.1, -0.05) is 30.0 Å². The summed E-state index contributed by atoms with van der Waals surface area (Å²) >= 11 is 3.14. The van der Waals surface area contributed by atoms with Crippen molar-refractivity contribution in [3.8, 4) is 0 Å². The highest BCUT2D eigenvalue weighted by atomic mass is 32.2. The molecular formula is C22H27N5O5S2. The molecule has 0 bridgehead atoms. The van der Waals surface area contributed by atoms with Gasteiger partial charge in [-0.15, -0.1) is 0 Å². The van der Waals surface area contributed by atoms with E-state index < -0.39 is 29.9 Å². The number of aliphatic hydroxyl groups excluding tert-OH is 1. The fourth-order valence-corrected chi connectivity index (χ4v) is 8.10. The SMILES string of the molecule is C[C@@H](O)[C@H]1C(=O)N2C(C(=O)[O-])=C(c3cn4c[n+](CC(N)=O)c(SC5CCNCC5)c4s3)[C@H](C)[C@H]12. The number of rotatable bonds is 7. The van der Waals surface area contributed by atoms with E-state index in [1.165, 1.54) is 16.2 Å². The number of carboxylic acids is 1. The number of aromatic nitrogens is 2. The van der Waals surface area contributed by atoms with Crippen LogP contribution in [0.5, 0.6) is 0 Å². The first-order valence-electron chi connectivity index (χ1n) is 11.4. The van der Waals surface area contributed by atoms with Gasteiger partial charge in [0.1, 0.15) is 6.20 Å². The van der Waals surface area contributed by atoms with E-state index in [-0.39, 0.29) is 24.1 Å². The van der Waals surface area contributed by atoms with Crippen LogP contribution in [0.15, 0.2) is 23.2 Å². The molecule has 2 fully saturated rings. The molecule has 0 saturated carbocycles. The Morgan fingerprint density at radius 3 is 2.74 bits per heavy atom. The van der Waals surface area contributed by atoms with Crippen LogP contribution in [0.1, 0.15) is 31.6 Å². The largest absolute Gasteiger partial charge is 0.543 e. The molecule has 5 heterocycles. The molecule has 2 amide bonds. The predicted octanol–water partition coefficient (Wildman–Crippen LogP) is -1.06. The van der Waals surface area contributed by atoms with Gasteiger partial charge in [0.05, 0.1) is 34.6 Å². The number of imidazole rings is 1. The lowest BCUT2D eigenvalue weighted by molar-refractivity contribution is -0.717. The number of piperidine rings is 1. The van der Waals surface area contributed by atoms with Gasteiger partial charge in [0.2, 0.25) is 15.8 Å². The maximum absolute atomic E-state index is 12.7. The molecule has 34 heavy (non-hydrogen) atoms. The quantitative estimate of drug-likeness (QED) is 0.321. The second-order valence-electron chi connectivity index (χ2n) is 9.19. The molecule has 5 rings (SSSR count). The van der Waals surface area contributed by atoms with E-state index in [4.69, 9.17) is 5.73 Å². The molecule has 3 aliphatic rings. The number of carboxylic acid groups (broad SMARTS) is 1. The van der Waals surface area contributed by atoms with Crippen molar-refractivity contribution in [2.75, 3.05) is 13.1 Å². The number of nitrogens with two attached hydrogens (primary N) is 1. The summed E-state index contributed by atoms with van der Waals surface area (Å²) in [5.41, 5.74) is 5.92. The third kappa shape index (κ3) is 3.63. The molecule has 12 heteroatoms. The van der Waals surface area contributed by atoms with Crippen molar-refractivity contribution < 1.29 is 29.2 Å². The zero-order valence-corrected chi connectivity index (χ0v) is 20.5. The number of β-lactam (4-membered cyclic amide) rings is 1. The number of hydrogen-bond acceptors (Lipinski definition) is 8. The number of nitrogens with one attached hydrogen (secondary N) is 1. The van der Waals surface area contributed by atoms with Crippen molar-refractivity contribution in [1.29, 1.82) is 0 Å². The van der Waals surface area contributed by atoms with Crippen LogP contribution < -0.4 is 20.7 Å². The van der Waals surface area contributed by atoms with Crippen LogP contribution in [0.4, 0.5) is 0 Å². The molecule has 182 valence electrons. The Hall–Kier alpha value is -2.41. The highest BCUT2D eigenvalue weighted by Gasteiger charge is 2.59. The Labute approximate surface area is 204 Å². The van der Waals surface area contributed by atoms with Gasteiger partial charge < -0.3 is 31.0 Å². The average molecular weight is 506 g/mol. The van der Waals surface area contributed by atoms with Crippen molar-refractivity contribution in [2.45, 2.75) is 55.7 Å². The van der Waals surface area contributed by atoms with E-state index in [1.54, 1.807) is 25.0 Å². The highest BCUT2D eigenvalue weighted by molar-refractivity contribution is 8.00. The van der Waals surface area contributed by atoms with Crippen molar-refractivity contribution in [3.05, 3.63) is 23.1 Å². The van der Waals surface area contributed by atoms with Gasteiger partial charge in [-0.2, -0.15) is 4.40 Å². The molecule has 0 radical (unpaired) electrons. The van der Waals surface area contributed by atoms with Gasteiger partial charge in [0.25, 0.3) is 12.2 Å². The third-order valence-electron chi connectivity index (χ3n) is 6.93. The van der Waals surface area contributed by atoms with E-state index >= 15 is 0 Å². The molecule has 4 N–H and O–H groups in total. The minimum Gasteiger partial charge on any atom is -0.543 e. The van der Waals surface area contributed by atoms with Crippen LogP contribution in [-0.2, 0) is 20.9 Å². The zero-order valence-electron chi connectivity index (χ0n) is 18.9. The minimum absolute atomic E-state index is 0.0564.